The molecule has 20 heavy (non-hydrogen) atoms. The first kappa shape index (κ1) is 14.9. The van der Waals surface area contributed by atoms with Crippen molar-refractivity contribution < 1.29 is 8.78 Å². The Morgan fingerprint density at radius 1 is 1.40 bits per heavy atom. The molecule has 6 heteroatoms. The van der Waals surface area contributed by atoms with Gasteiger partial charge in [0, 0.05) is 17.1 Å². The number of rotatable bonds is 5. The topological polar surface area (TPSA) is 29.9 Å². The maximum atomic E-state index is 13.3. The molecule has 1 aromatic heterocycles. The Morgan fingerprint density at radius 3 is 2.75 bits per heavy atom. The maximum absolute atomic E-state index is 13.3. The normalized spacial score (nSPS) is 11.3. The van der Waals surface area contributed by atoms with Crippen molar-refractivity contribution in [3.8, 4) is 5.69 Å². The lowest BCUT2D eigenvalue weighted by Gasteiger charge is -2.10. The molecule has 0 saturated heterocycles. The van der Waals surface area contributed by atoms with E-state index in [1.807, 2.05) is 13.8 Å². The summed E-state index contributed by atoms with van der Waals surface area (Å²) in [7, 11) is 0. The van der Waals surface area contributed by atoms with E-state index in [0.717, 1.165) is 5.56 Å². The summed E-state index contributed by atoms with van der Waals surface area (Å²) in [6.07, 6.45) is -1.12. The fourth-order valence-corrected chi connectivity index (χ4v) is 2.11. The molecule has 0 aliphatic heterocycles. The molecule has 0 saturated carbocycles. The molecule has 0 bridgehead atoms. The number of aryl methyl sites for hydroxylation is 1. The minimum Gasteiger partial charge on any atom is -0.313 e. The van der Waals surface area contributed by atoms with Gasteiger partial charge in [0.25, 0.3) is 6.43 Å². The fraction of sp³-hybridized carbons (Fsp3) is 0.357. The highest BCUT2D eigenvalue weighted by Gasteiger charge is 2.20. The summed E-state index contributed by atoms with van der Waals surface area (Å²) in [5.74, 6) is 0. The van der Waals surface area contributed by atoms with Crippen LogP contribution in [0.2, 0.25) is 5.02 Å². The molecule has 0 unspecified atom stereocenters. The van der Waals surface area contributed by atoms with Crippen LogP contribution in [0.4, 0.5) is 8.78 Å². The summed E-state index contributed by atoms with van der Waals surface area (Å²) in [6.45, 7) is 4.87. The van der Waals surface area contributed by atoms with Crippen LogP contribution in [0.3, 0.4) is 0 Å². The highest BCUT2D eigenvalue weighted by Crippen LogP contribution is 2.27. The molecule has 0 amide bonds. The van der Waals surface area contributed by atoms with Crippen molar-refractivity contribution in [1.82, 2.24) is 15.1 Å². The van der Waals surface area contributed by atoms with E-state index in [0.29, 0.717) is 29.4 Å². The monoisotopic (exact) mass is 299 g/mol. The third-order valence-corrected chi connectivity index (χ3v) is 3.47. The Morgan fingerprint density at radius 2 is 2.15 bits per heavy atom. The molecule has 0 aliphatic rings. The van der Waals surface area contributed by atoms with Crippen molar-refractivity contribution in [1.29, 1.82) is 0 Å². The van der Waals surface area contributed by atoms with Crippen LogP contribution in [0, 0.1) is 6.92 Å². The van der Waals surface area contributed by atoms with Gasteiger partial charge in [0.15, 0.2) is 0 Å². The Kier molecular flexibility index (Phi) is 4.73. The van der Waals surface area contributed by atoms with Crippen LogP contribution in [0.1, 0.15) is 30.2 Å². The molecule has 1 aromatic carbocycles. The average Bonchev–Trinajstić information content (AvgIpc) is 2.83. The van der Waals surface area contributed by atoms with E-state index in [4.69, 9.17) is 11.6 Å². The summed E-state index contributed by atoms with van der Waals surface area (Å²) in [5.41, 5.74) is 1.84. The summed E-state index contributed by atoms with van der Waals surface area (Å²) >= 11 is 6.05. The lowest BCUT2D eigenvalue weighted by atomic mass is 10.2. The molecule has 0 atom stereocenters. The number of alkyl halides is 2. The van der Waals surface area contributed by atoms with Crippen molar-refractivity contribution in [2.45, 2.75) is 26.8 Å². The van der Waals surface area contributed by atoms with Crippen LogP contribution in [0.25, 0.3) is 5.69 Å². The van der Waals surface area contributed by atoms with Crippen LogP contribution in [0.15, 0.2) is 24.4 Å². The van der Waals surface area contributed by atoms with Gasteiger partial charge in [-0.05, 0) is 31.2 Å². The highest BCUT2D eigenvalue weighted by atomic mass is 35.5. The SMILES string of the molecule is CCNCc1cnn(-c2ccc(C)c(Cl)c2)c1C(F)F. The standard InChI is InChI=1S/C14H16ClF2N3/c1-3-18-7-10-8-19-20(13(10)14(16)17)11-5-4-9(2)12(15)6-11/h4-6,8,14,18H,3,7H2,1-2H3. The summed E-state index contributed by atoms with van der Waals surface area (Å²) in [4.78, 5) is 0. The van der Waals surface area contributed by atoms with Crippen molar-refractivity contribution in [2.24, 2.45) is 0 Å². The minimum absolute atomic E-state index is 0.0918. The average molecular weight is 300 g/mol. The second-order valence-electron chi connectivity index (χ2n) is 4.48. The third-order valence-electron chi connectivity index (χ3n) is 3.06. The van der Waals surface area contributed by atoms with Crippen LogP contribution in [-0.4, -0.2) is 16.3 Å². The van der Waals surface area contributed by atoms with E-state index in [9.17, 15) is 8.78 Å². The number of nitrogens with zero attached hydrogens (tertiary/aromatic N) is 2. The summed E-state index contributed by atoms with van der Waals surface area (Å²) in [6, 6.07) is 5.17. The number of nitrogens with one attached hydrogen (secondary N) is 1. The molecule has 1 N–H and O–H groups in total. The van der Waals surface area contributed by atoms with Crippen molar-refractivity contribution >= 4 is 11.6 Å². The van der Waals surface area contributed by atoms with Crippen molar-refractivity contribution in [3.63, 3.8) is 0 Å². The van der Waals surface area contributed by atoms with Crippen LogP contribution >= 0.6 is 11.6 Å². The Balaban J connectivity index is 2.45. The smallest absolute Gasteiger partial charge is 0.280 e. The van der Waals surface area contributed by atoms with E-state index in [-0.39, 0.29) is 5.69 Å². The predicted molar refractivity (Wildman–Crippen MR) is 75.6 cm³/mol. The number of aromatic nitrogens is 2. The third kappa shape index (κ3) is 2.99. The molecule has 1 heterocycles. The molecular formula is C14H16ClF2N3. The molecular weight excluding hydrogens is 284 g/mol. The van der Waals surface area contributed by atoms with Gasteiger partial charge in [0.05, 0.1) is 11.9 Å². The van der Waals surface area contributed by atoms with E-state index >= 15 is 0 Å². The van der Waals surface area contributed by atoms with Gasteiger partial charge < -0.3 is 5.32 Å². The van der Waals surface area contributed by atoms with Crippen molar-refractivity contribution in [3.05, 3.63) is 46.2 Å². The highest BCUT2D eigenvalue weighted by molar-refractivity contribution is 6.31. The first-order chi connectivity index (χ1) is 9.54. The van der Waals surface area contributed by atoms with Gasteiger partial charge in [-0.25, -0.2) is 13.5 Å². The van der Waals surface area contributed by atoms with Gasteiger partial charge in [0.1, 0.15) is 5.69 Å². The van der Waals surface area contributed by atoms with Gasteiger partial charge in [0.2, 0.25) is 0 Å². The summed E-state index contributed by atoms with van der Waals surface area (Å²) < 4.78 is 27.8. The zero-order chi connectivity index (χ0) is 14.7. The number of halogens is 3. The maximum Gasteiger partial charge on any atom is 0.280 e. The van der Waals surface area contributed by atoms with E-state index in [1.165, 1.54) is 10.9 Å². The van der Waals surface area contributed by atoms with Crippen LogP contribution < -0.4 is 5.32 Å². The first-order valence-electron chi connectivity index (χ1n) is 6.36. The zero-order valence-corrected chi connectivity index (χ0v) is 12.1. The van der Waals surface area contributed by atoms with Gasteiger partial charge in [-0.1, -0.05) is 24.6 Å². The largest absolute Gasteiger partial charge is 0.313 e. The molecule has 3 nitrogen and oxygen atoms in total. The molecule has 0 aliphatic carbocycles. The number of benzene rings is 1. The van der Waals surface area contributed by atoms with Gasteiger partial charge in [-0.15, -0.1) is 0 Å². The molecule has 0 radical (unpaired) electrons. The van der Waals surface area contributed by atoms with E-state index in [2.05, 4.69) is 10.4 Å². The van der Waals surface area contributed by atoms with E-state index < -0.39 is 6.43 Å². The lowest BCUT2D eigenvalue weighted by molar-refractivity contribution is 0.141. The zero-order valence-electron chi connectivity index (χ0n) is 11.3. The second kappa shape index (κ2) is 6.33. The molecule has 2 aromatic rings. The minimum atomic E-state index is -2.59. The number of hydrogen-bond acceptors (Lipinski definition) is 2. The Bertz CT molecular complexity index is 596. The van der Waals surface area contributed by atoms with Gasteiger partial charge >= 0.3 is 0 Å². The first-order valence-corrected chi connectivity index (χ1v) is 6.74. The van der Waals surface area contributed by atoms with Crippen LogP contribution in [0.5, 0.6) is 0 Å². The fourth-order valence-electron chi connectivity index (χ4n) is 1.94. The molecule has 2 rings (SSSR count). The quantitative estimate of drug-likeness (QED) is 0.908. The van der Waals surface area contributed by atoms with Crippen LogP contribution in [-0.2, 0) is 6.54 Å². The predicted octanol–water partition coefficient (Wildman–Crippen LogP) is 3.88. The lowest BCUT2D eigenvalue weighted by Crippen LogP contribution is -2.13. The van der Waals surface area contributed by atoms with Gasteiger partial charge in [-0.3, -0.25) is 0 Å². The molecule has 0 spiro atoms. The van der Waals surface area contributed by atoms with Crippen molar-refractivity contribution in [2.75, 3.05) is 6.54 Å². The molecule has 0 fully saturated rings. The summed E-state index contributed by atoms with van der Waals surface area (Å²) in [5, 5.41) is 7.64. The van der Waals surface area contributed by atoms with E-state index in [1.54, 1.807) is 18.2 Å². The second-order valence-corrected chi connectivity index (χ2v) is 4.89. The molecule has 108 valence electrons. The Hall–Kier alpha value is -1.46. The Labute approximate surface area is 121 Å². The van der Waals surface area contributed by atoms with Gasteiger partial charge in [-0.2, -0.15) is 5.10 Å². The number of hydrogen-bond donors (Lipinski definition) is 1.